The second-order valence-corrected chi connectivity index (χ2v) is 8.75. The Kier molecular flexibility index (Phi) is 4.85. The molecule has 1 unspecified atom stereocenters. The van der Waals surface area contributed by atoms with Crippen LogP contribution in [0.15, 0.2) is 36.8 Å². The fraction of sp³-hybridized carbons (Fsp3) is 0.316. The molecule has 3 aromatic heterocycles. The van der Waals surface area contributed by atoms with Crippen molar-refractivity contribution in [3.05, 3.63) is 36.8 Å². The monoisotopic (exact) mass is 444 g/mol. The molecule has 1 aromatic carbocycles. The van der Waals surface area contributed by atoms with Crippen LogP contribution in [0.5, 0.6) is 5.88 Å². The van der Waals surface area contributed by atoms with Crippen molar-refractivity contribution >= 4 is 32.4 Å². The number of ether oxygens (including phenoxy) is 1. The third-order valence-electron chi connectivity index (χ3n) is 5.44. The van der Waals surface area contributed by atoms with E-state index >= 15 is 0 Å². The minimum Gasteiger partial charge on any atom is -0.473 e. The number of H-pyrrole nitrogens is 2. The lowest BCUT2D eigenvalue weighted by atomic mass is 10.1. The van der Waals surface area contributed by atoms with Crippen LogP contribution in [0.3, 0.4) is 0 Å². The summed E-state index contributed by atoms with van der Waals surface area (Å²) in [6.45, 7) is -0.201. The van der Waals surface area contributed by atoms with Crippen molar-refractivity contribution in [1.82, 2.24) is 24.9 Å². The summed E-state index contributed by atoms with van der Waals surface area (Å²) in [4.78, 5) is 19.5. The molecule has 0 radical (unpaired) electrons. The summed E-state index contributed by atoms with van der Waals surface area (Å²) in [5.41, 5.74) is 2.89. The van der Waals surface area contributed by atoms with Crippen molar-refractivity contribution in [1.29, 1.82) is 0 Å². The molecule has 4 aromatic rings. The normalized spacial score (nSPS) is 21.8. The third-order valence-corrected chi connectivity index (χ3v) is 5.90. The fourth-order valence-electron chi connectivity index (χ4n) is 3.96. The molecule has 5 rings (SSSR count). The van der Waals surface area contributed by atoms with E-state index in [1.807, 2.05) is 30.5 Å². The van der Waals surface area contributed by atoms with E-state index in [-0.39, 0.29) is 12.7 Å². The quantitative estimate of drug-likeness (QED) is 0.344. The molecule has 12 heteroatoms. The predicted octanol–water partition coefficient (Wildman–Crippen LogP) is 1.24. The van der Waals surface area contributed by atoms with E-state index in [1.165, 1.54) is 6.33 Å². The van der Waals surface area contributed by atoms with Gasteiger partial charge in [0.25, 0.3) is 0 Å². The number of benzene rings is 1. The van der Waals surface area contributed by atoms with Crippen LogP contribution in [-0.4, -0.2) is 57.3 Å². The standard InChI is InChI=1S/C19H20N6O5S/c20-31(27,28)29-8-10-5-11(6-15(10)26)30-19-16-18(22-9-23-19)25-17(24-16)13-7-21-14-4-2-1-3-12(13)14/h1-4,7,9-11,15,21,26H,5-6,8H2,(H2,20,27,28)(H,22,23,24,25)/t10-,11?,15-/m0/s1. The molecule has 31 heavy (non-hydrogen) atoms. The number of fused-ring (bicyclic) bond motifs is 2. The first-order chi connectivity index (χ1) is 14.9. The van der Waals surface area contributed by atoms with E-state index in [0.29, 0.717) is 35.7 Å². The molecule has 1 fully saturated rings. The molecule has 5 N–H and O–H groups in total. The van der Waals surface area contributed by atoms with Gasteiger partial charge < -0.3 is 19.8 Å². The molecule has 162 valence electrons. The topological polar surface area (TPSA) is 169 Å². The van der Waals surface area contributed by atoms with Crippen molar-refractivity contribution in [2.24, 2.45) is 11.1 Å². The summed E-state index contributed by atoms with van der Waals surface area (Å²) >= 11 is 0. The predicted molar refractivity (Wildman–Crippen MR) is 111 cm³/mol. The van der Waals surface area contributed by atoms with Crippen LogP contribution in [0.4, 0.5) is 0 Å². The lowest BCUT2D eigenvalue weighted by Crippen LogP contribution is -2.24. The Morgan fingerprint density at radius 3 is 2.90 bits per heavy atom. The molecule has 0 amide bonds. The van der Waals surface area contributed by atoms with Gasteiger partial charge in [0.1, 0.15) is 23.8 Å². The number of aromatic nitrogens is 5. The number of nitrogens with zero attached hydrogens (tertiary/aromatic N) is 3. The van der Waals surface area contributed by atoms with E-state index in [1.54, 1.807) is 0 Å². The number of hydrogen-bond donors (Lipinski definition) is 4. The number of hydrogen-bond acceptors (Lipinski definition) is 8. The van der Waals surface area contributed by atoms with Crippen molar-refractivity contribution in [3.63, 3.8) is 0 Å². The maximum Gasteiger partial charge on any atom is 0.333 e. The lowest BCUT2D eigenvalue weighted by Gasteiger charge is -2.13. The molecule has 0 saturated heterocycles. The zero-order valence-electron chi connectivity index (χ0n) is 16.2. The molecule has 0 bridgehead atoms. The van der Waals surface area contributed by atoms with Gasteiger partial charge in [0.15, 0.2) is 5.65 Å². The number of imidazole rings is 1. The summed E-state index contributed by atoms with van der Waals surface area (Å²) in [6.07, 6.45) is 2.80. The number of aromatic amines is 2. The van der Waals surface area contributed by atoms with Crippen LogP contribution in [0.25, 0.3) is 33.5 Å². The van der Waals surface area contributed by atoms with Crippen molar-refractivity contribution < 1.29 is 22.4 Å². The minimum absolute atomic E-state index is 0.201. The van der Waals surface area contributed by atoms with Gasteiger partial charge in [-0.1, -0.05) is 18.2 Å². The SMILES string of the molecule is NS(=O)(=O)OC[C@@H]1CC(Oc2ncnc3nc(-c4c[nH]c5ccccc45)[nH]c23)C[C@@H]1O. The summed E-state index contributed by atoms with van der Waals surface area (Å²) in [5, 5.41) is 16.1. The van der Waals surface area contributed by atoms with Crippen LogP contribution in [0, 0.1) is 5.92 Å². The molecule has 3 atom stereocenters. The van der Waals surface area contributed by atoms with Crippen LogP contribution < -0.4 is 9.88 Å². The maximum atomic E-state index is 11.0. The van der Waals surface area contributed by atoms with Gasteiger partial charge in [-0.3, -0.25) is 4.18 Å². The van der Waals surface area contributed by atoms with Gasteiger partial charge >= 0.3 is 10.3 Å². The van der Waals surface area contributed by atoms with E-state index in [9.17, 15) is 13.5 Å². The summed E-state index contributed by atoms with van der Waals surface area (Å²) in [7, 11) is -4.06. The van der Waals surface area contributed by atoms with Crippen molar-refractivity contribution in [2.75, 3.05) is 6.61 Å². The Hall–Kier alpha value is -3.06. The van der Waals surface area contributed by atoms with Gasteiger partial charge in [-0.05, 0) is 12.5 Å². The van der Waals surface area contributed by atoms with Gasteiger partial charge in [-0.2, -0.15) is 13.4 Å². The number of para-hydroxylation sites is 1. The van der Waals surface area contributed by atoms with E-state index < -0.39 is 22.3 Å². The van der Waals surface area contributed by atoms with Crippen LogP contribution in [0.1, 0.15) is 12.8 Å². The number of aliphatic hydroxyl groups is 1. The van der Waals surface area contributed by atoms with Gasteiger partial charge in [0.05, 0.1) is 12.7 Å². The number of nitrogens with two attached hydrogens (primary N) is 1. The number of rotatable bonds is 6. The van der Waals surface area contributed by atoms with E-state index in [0.717, 1.165) is 16.5 Å². The molecule has 3 heterocycles. The van der Waals surface area contributed by atoms with Crippen molar-refractivity contribution in [3.8, 4) is 17.3 Å². The van der Waals surface area contributed by atoms with Gasteiger partial charge in [0, 0.05) is 35.0 Å². The molecule has 1 aliphatic carbocycles. The molecule has 1 aliphatic rings. The highest BCUT2D eigenvalue weighted by Crippen LogP contribution is 2.33. The van der Waals surface area contributed by atoms with Gasteiger partial charge in [-0.25, -0.2) is 15.1 Å². The Labute approximate surface area is 176 Å². The van der Waals surface area contributed by atoms with Gasteiger partial charge in [0.2, 0.25) is 5.88 Å². The fourth-order valence-corrected chi connectivity index (χ4v) is 4.32. The maximum absolute atomic E-state index is 11.0. The van der Waals surface area contributed by atoms with Crippen LogP contribution >= 0.6 is 0 Å². The second kappa shape index (κ2) is 7.57. The Balaban J connectivity index is 1.39. The summed E-state index contributed by atoms with van der Waals surface area (Å²) in [6, 6.07) is 7.90. The second-order valence-electron chi connectivity index (χ2n) is 7.53. The number of nitrogens with one attached hydrogen (secondary N) is 2. The lowest BCUT2D eigenvalue weighted by molar-refractivity contribution is 0.0986. The minimum atomic E-state index is -4.06. The Morgan fingerprint density at radius 2 is 2.06 bits per heavy atom. The van der Waals surface area contributed by atoms with Crippen LogP contribution in [-0.2, 0) is 14.5 Å². The smallest absolute Gasteiger partial charge is 0.333 e. The molecule has 0 spiro atoms. The highest BCUT2D eigenvalue weighted by molar-refractivity contribution is 7.84. The first-order valence-corrected chi connectivity index (χ1v) is 11.1. The first-order valence-electron chi connectivity index (χ1n) is 9.66. The average Bonchev–Trinajstić information content (AvgIpc) is 3.42. The number of aliphatic hydroxyl groups excluding tert-OH is 1. The van der Waals surface area contributed by atoms with Crippen molar-refractivity contribution in [2.45, 2.75) is 25.0 Å². The largest absolute Gasteiger partial charge is 0.473 e. The van der Waals surface area contributed by atoms with Gasteiger partial charge in [-0.15, -0.1) is 0 Å². The summed E-state index contributed by atoms with van der Waals surface area (Å²) < 4.78 is 32.7. The average molecular weight is 444 g/mol. The third kappa shape index (κ3) is 3.97. The Bertz CT molecular complexity index is 1350. The molecular weight excluding hydrogens is 424 g/mol. The zero-order chi connectivity index (χ0) is 21.6. The van der Waals surface area contributed by atoms with E-state index in [4.69, 9.17) is 9.88 Å². The molecule has 1 saturated carbocycles. The highest BCUT2D eigenvalue weighted by atomic mass is 32.2. The highest BCUT2D eigenvalue weighted by Gasteiger charge is 2.36. The molecule has 0 aliphatic heterocycles. The molecule has 11 nitrogen and oxygen atoms in total. The zero-order valence-corrected chi connectivity index (χ0v) is 17.0. The first kappa shape index (κ1) is 19.9. The van der Waals surface area contributed by atoms with Crippen LogP contribution in [0.2, 0.25) is 0 Å². The summed E-state index contributed by atoms with van der Waals surface area (Å²) in [5.74, 6) is 0.529. The Morgan fingerprint density at radius 1 is 1.23 bits per heavy atom. The van der Waals surface area contributed by atoms with E-state index in [2.05, 4.69) is 29.1 Å². The molecular formula is C19H20N6O5S.